The van der Waals surface area contributed by atoms with Gasteiger partial charge in [0.05, 0.1) is 10.7 Å². The molecule has 2 rings (SSSR count). The molecule has 0 aromatic heterocycles. The first kappa shape index (κ1) is 9.87. The van der Waals surface area contributed by atoms with Crippen LogP contribution in [0.1, 0.15) is 0 Å². The van der Waals surface area contributed by atoms with Gasteiger partial charge in [-0.25, -0.2) is 0 Å². The predicted molar refractivity (Wildman–Crippen MR) is 62.1 cm³/mol. The average molecular weight is 217 g/mol. The van der Waals surface area contributed by atoms with E-state index in [9.17, 15) is 0 Å². The molecule has 0 fully saturated rings. The molecular formula is C12H9ClN2. The van der Waals surface area contributed by atoms with E-state index in [2.05, 4.69) is 10.2 Å². The summed E-state index contributed by atoms with van der Waals surface area (Å²) in [4.78, 5) is 0. The van der Waals surface area contributed by atoms with Crippen LogP contribution in [-0.4, -0.2) is 0 Å². The molecule has 0 bridgehead atoms. The third kappa shape index (κ3) is 2.64. The van der Waals surface area contributed by atoms with Gasteiger partial charge >= 0.3 is 0 Å². The Hall–Kier alpha value is -1.67. The van der Waals surface area contributed by atoms with E-state index in [1.807, 2.05) is 48.5 Å². The van der Waals surface area contributed by atoms with Gasteiger partial charge in [-0.15, -0.1) is 5.11 Å². The quantitative estimate of drug-likeness (QED) is 0.647. The Morgan fingerprint density at radius 3 is 2.13 bits per heavy atom. The highest BCUT2D eigenvalue weighted by Crippen LogP contribution is 2.25. The topological polar surface area (TPSA) is 24.7 Å². The molecule has 2 aromatic carbocycles. The molecule has 0 saturated heterocycles. The highest BCUT2D eigenvalue weighted by molar-refractivity contribution is 6.32. The number of benzene rings is 2. The van der Waals surface area contributed by atoms with Crippen molar-refractivity contribution < 1.29 is 0 Å². The van der Waals surface area contributed by atoms with Crippen LogP contribution >= 0.6 is 11.6 Å². The van der Waals surface area contributed by atoms with E-state index in [1.54, 1.807) is 6.07 Å². The fourth-order valence-corrected chi connectivity index (χ4v) is 1.31. The van der Waals surface area contributed by atoms with E-state index < -0.39 is 0 Å². The second kappa shape index (κ2) is 4.71. The second-order valence-corrected chi connectivity index (χ2v) is 3.39. The summed E-state index contributed by atoms with van der Waals surface area (Å²) in [6.07, 6.45) is 0. The maximum absolute atomic E-state index is 5.94. The summed E-state index contributed by atoms with van der Waals surface area (Å²) in [5.74, 6) is 0. The normalized spacial score (nSPS) is 10.7. The van der Waals surface area contributed by atoms with Gasteiger partial charge in [-0.3, -0.25) is 0 Å². The van der Waals surface area contributed by atoms with Gasteiger partial charge in [-0.2, -0.15) is 5.11 Å². The number of rotatable bonds is 2. The SMILES string of the molecule is Clc1ccccc1/N=N/c1ccccc1. The molecule has 0 unspecified atom stereocenters. The zero-order valence-electron chi connectivity index (χ0n) is 7.97. The molecule has 0 N–H and O–H groups in total. The van der Waals surface area contributed by atoms with E-state index in [4.69, 9.17) is 11.6 Å². The number of hydrogen-bond donors (Lipinski definition) is 0. The Bertz CT molecular complexity index is 466. The Morgan fingerprint density at radius 1 is 0.733 bits per heavy atom. The number of nitrogens with zero attached hydrogens (tertiary/aromatic N) is 2. The van der Waals surface area contributed by atoms with Crippen LogP contribution in [-0.2, 0) is 0 Å². The van der Waals surface area contributed by atoms with Gasteiger partial charge in [0, 0.05) is 0 Å². The summed E-state index contributed by atoms with van der Waals surface area (Å²) in [6, 6.07) is 16.9. The Morgan fingerprint density at radius 2 is 1.40 bits per heavy atom. The third-order valence-electron chi connectivity index (χ3n) is 1.88. The van der Waals surface area contributed by atoms with E-state index in [1.165, 1.54) is 0 Å². The molecule has 0 heterocycles. The minimum atomic E-state index is 0.609. The molecule has 15 heavy (non-hydrogen) atoms. The molecule has 0 aliphatic rings. The van der Waals surface area contributed by atoms with Crippen molar-refractivity contribution in [1.82, 2.24) is 0 Å². The van der Waals surface area contributed by atoms with Crippen LogP contribution in [0.5, 0.6) is 0 Å². The summed E-state index contributed by atoms with van der Waals surface area (Å²) < 4.78 is 0. The van der Waals surface area contributed by atoms with Crippen LogP contribution in [0, 0.1) is 0 Å². The van der Waals surface area contributed by atoms with Gasteiger partial charge < -0.3 is 0 Å². The first-order chi connectivity index (χ1) is 7.36. The van der Waals surface area contributed by atoms with Crippen molar-refractivity contribution in [2.75, 3.05) is 0 Å². The lowest BCUT2D eigenvalue weighted by atomic mass is 10.3. The summed E-state index contributed by atoms with van der Waals surface area (Å²) >= 11 is 5.94. The first-order valence-corrected chi connectivity index (χ1v) is 4.95. The second-order valence-electron chi connectivity index (χ2n) is 2.99. The summed E-state index contributed by atoms with van der Waals surface area (Å²) in [7, 11) is 0. The standard InChI is InChI=1S/C12H9ClN2/c13-11-8-4-5-9-12(11)15-14-10-6-2-1-3-7-10/h1-9H/b15-14+. The van der Waals surface area contributed by atoms with Crippen molar-refractivity contribution in [3.05, 3.63) is 59.6 Å². The lowest BCUT2D eigenvalue weighted by molar-refractivity contribution is 1.23. The van der Waals surface area contributed by atoms with Crippen LogP contribution in [0.4, 0.5) is 11.4 Å². The predicted octanol–water partition coefficient (Wildman–Crippen LogP) is 4.76. The van der Waals surface area contributed by atoms with Crippen molar-refractivity contribution in [1.29, 1.82) is 0 Å². The monoisotopic (exact) mass is 216 g/mol. The molecule has 2 aromatic rings. The molecule has 0 amide bonds. The number of hydrogen-bond acceptors (Lipinski definition) is 2. The molecule has 74 valence electrons. The Balaban J connectivity index is 2.23. The Kier molecular flexibility index (Phi) is 3.10. The zero-order valence-corrected chi connectivity index (χ0v) is 8.72. The van der Waals surface area contributed by atoms with Crippen LogP contribution in [0.3, 0.4) is 0 Å². The molecule has 0 radical (unpaired) electrons. The van der Waals surface area contributed by atoms with Gasteiger partial charge in [0.15, 0.2) is 0 Å². The van der Waals surface area contributed by atoms with Crippen molar-refractivity contribution in [2.45, 2.75) is 0 Å². The molecule has 0 aliphatic heterocycles. The minimum Gasteiger partial charge on any atom is -0.151 e. The van der Waals surface area contributed by atoms with Crippen molar-refractivity contribution in [3.63, 3.8) is 0 Å². The fourth-order valence-electron chi connectivity index (χ4n) is 1.14. The Labute approximate surface area is 93.2 Å². The molecule has 0 spiro atoms. The van der Waals surface area contributed by atoms with E-state index >= 15 is 0 Å². The van der Waals surface area contributed by atoms with Gasteiger partial charge in [-0.1, -0.05) is 41.9 Å². The fraction of sp³-hybridized carbons (Fsp3) is 0. The number of halogens is 1. The van der Waals surface area contributed by atoms with Gasteiger partial charge in [0.2, 0.25) is 0 Å². The molecule has 0 aliphatic carbocycles. The highest BCUT2D eigenvalue weighted by atomic mass is 35.5. The van der Waals surface area contributed by atoms with E-state index in [-0.39, 0.29) is 0 Å². The van der Waals surface area contributed by atoms with Crippen molar-refractivity contribution >= 4 is 23.0 Å². The van der Waals surface area contributed by atoms with E-state index in [0.29, 0.717) is 10.7 Å². The average Bonchev–Trinajstić information content (AvgIpc) is 2.29. The van der Waals surface area contributed by atoms with Crippen molar-refractivity contribution in [3.8, 4) is 0 Å². The molecule has 2 nitrogen and oxygen atoms in total. The lowest BCUT2D eigenvalue weighted by Gasteiger charge is -1.94. The molecule has 3 heteroatoms. The molecule has 0 saturated carbocycles. The van der Waals surface area contributed by atoms with Crippen LogP contribution in [0.2, 0.25) is 5.02 Å². The molecular weight excluding hydrogens is 208 g/mol. The largest absolute Gasteiger partial charge is 0.151 e. The zero-order chi connectivity index (χ0) is 10.5. The maximum atomic E-state index is 5.94. The van der Waals surface area contributed by atoms with E-state index in [0.717, 1.165) is 5.69 Å². The van der Waals surface area contributed by atoms with Crippen LogP contribution in [0.25, 0.3) is 0 Å². The third-order valence-corrected chi connectivity index (χ3v) is 2.20. The van der Waals surface area contributed by atoms with Crippen molar-refractivity contribution in [2.24, 2.45) is 10.2 Å². The van der Waals surface area contributed by atoms with Gasteiger partial charge in [-0.05, 0) is 24.3 Å². The van der Waals surface area contributed by atoms with Crippen LogP contribution in [0.15, 0.2) is 64.8 Å². The van der Waals surface area contributed by atoms with Gasteiger partial charge in [0.1, 0.15) is 5.69 Å². The van der Waals surface area contributed by atoms with Crippen LogP contribution < -0.4 is 0 Å². The minimum absolute atomic E-state index is 0.609. The highest BCUT2D eigenvalue weighted by Gasteiger charge is 1.95. The van der Waals surface area contributed by atoms with Gasteiger partial charge in [0.25, 0.3) is 0 Å². The molecule has 0 atom stereocenters. The first-order valence-electron chi connectivity index (χ1n) is 4.57. The smallest absolute Gasteiger partial charge is 0.104 e. The summed E-state index contributed by atoms with van der Waals surface area (Å²) in [5, 5.41) is 8.76. The summed E-state index contributed by atoms with van der Waals surface area (Å²) in [6.45, 7) is 0. The lowest BCUT2D eigenvalue weighted by Crippen LogP contribution is -1.66. The maximum Gasteiger partial charge on any atom is 0.104 e. The summed E-state index contributed by atoms with van der Waals surface area (Å²) in [5.41, 5.74) is 1.50. The number of azo groups is 1.